The van der Waals surface area contributed by atoms with Crippen LogP contribution in [0.25, 0.3) is 10.8 Å². The predicted octanol–water partition coefficient (Wildman–Crippen LogP) is 2.97. The fourth-order valence-corrected chi connectivity index (χ4v) is 5.38. The number of hydrogen-bond acceptors (Lipinski definition) is 3. The number of rotatable bonds is 3. The van der Waals surface area contributed by atoms with Gasteiger partial charge in [0.2, 0.25) is 11.8 Å². The molecule has 0 unspecified atom stereocenters. The van der Waals surface area contributed by atoms with Crippen molar-refractivity contribution in [3.63, 3.8) is 0 Å². The molecule has 146 valence electrons. The lowest BCUT2D eigenvalue weighted by molar-refractivity contribution is -0.141. The van der Waals surface area contributed by atoms with Crippen LogP contribution in [0, 0.1) is 5.92 Å². The zero-order valence-electron chi connectivity index (χ0n) is 16.4. The maximum atomic E-state index is 13.2. The molecule has 1 spiro atoms. The highest BCUT2D eigenvalue weighted by Gasteiger charge is 2.65. The molecule has 2 aromatic carbocycles. The van der Waals surface area contributed by atoms with Crippen LogP contribution in [-0.4, -0.2) is 52.6 Å². The topological polar surface area (TPSA) is 49.9 Å². The van der Waals surface area contributed by atoms with Gasteiger partial charge in [0.15, 0.2) is 5.72 Å². The molecule has 0 aromatic heterocycles. The van der Waals surface area contributed by atoms with E-state index in [1.54, 1.807) is 0 Å². The second-order valence-corrected chi connectivity index (χ2v) is 8.60. The van der Waals surface area contributed by atoms with Gasteiger partial charge < -0.3 is 14.5 Å². The monoisotopic (exact) mass is 378 g/mol. The highest BCUT2D eigenvalue weighted by atomic mass is 16.5. The van der Waals surface area contributed by atoms with Gasteiger partial charge in [-0.15, -0.1) is 0 Å². The lowest BCUT2D eigenvalue weighted by Crippen LogP contribution is -2.51. The van der Waals surface area contributed by atoms with E-state index in [9.17, 15) is 9.59 Å². The molecule has 0 radical (unpaired) electrons. The highest BCUT2D eigenvalue weighted by Crippen LogP contribution is 2.49. The molecule has 5 rings (SSSR count). The van der Waals surface area contributed by atoms with Crippen molar-refractivity contribution in [3.8, 4) is 0 Å². The van der Waals surface area contributed by atoms with Gasteiger partial charge in [0, 0.05) is 13.0 Å². The van der Waals surface area contributed by atoms with Crippen molar-refractivity contribution in [2.24, 2.45) is 5.92 Å². The normalized spacial score (nSPS) is 29.0. The first-order valence-electron chi connectivity index (χ1n) is 10.2. The molecule has 0 bridgehead atoms. The molecule has 2 aromatic rings. The van der Waals surface area contributed by atoms with Crippen LogP contribution >= 0.6 is 0 Å². The molecule has 3 saturated heterocycles. The van der Waals surface area contributed by atoms with E-state index in [1.165, 1.54) is 0 Å². The first-order valence-corrected chi connectivity index (χ1v) is 10.2. The van der Waals surface area contributed by atoms with Gasteiger partial charge in [-0.1, -0.05) is 56.3 Å². The van der Waals surface area contributed by atoms with E-state index < -0.39 is 5.72 Å². The van der Waals surface area contributed by atoms with Crippen molar-refractivity contribution in [3.05, 3.63) is 48.0 Å². The smallest absolute Gasteiger partial charge is 0.227 e. The van der Waals surface area contributed by atoms with Crippen LogP contribution in [0.4, 0.5) is 0 Å². The Hall–Kier alpha value is -2.40. The summed E-state index contributed by atoms with van der Waals surface area (Å²) in [6.07, 6.45) is 1.45. The second-order valence-electron chi connectivity index (χ2n) is 8.60. The summed E-state index contributed by atoms with van der Waals surface area (Å²) < 4.78 is 6.24. The van der Waals surface area contributed by atoms with E-state index in [4.69, 9.17) is 4.74 Å². The highest BCUT2D eigenvalue weighted by molar-refractivity contribution is 5.91. The van der Waals surface area contributed by atoms with Gasteiger partial charge in [-0.25, -0.2) is 0 Å². The van der Waals surface area contributed by atoms with Crippen LogP contribution in [0.3, 0.4) is 0 Å². The van der Waals surface area contributed by atoms with Gasteiger partial charge in [-0.05, 0) is 22.3 Å². The summed E-state index contributed by atoms with van der Waals surface area (Å²) in [7, 11) is 0. The number of nitrogens with zero attached hydrogens (tertiary/aromatic N) is 2. The van der Waals surface area contributed by atoms with E-state index in [-0.39, 0.29) is 23.9 Å². The van der Waals surface area contributed by atoms with E-state index in [0.717, 1.165) is 16.3 Å². The average Bonchev–Trinajstić information content (AvgIpc) is 3.31. The van der Waals surface area contributed by atoms with Crippen molar-refractivity contribution in [1.29, 1.82) is 0 Å². The zero-order valence-corrected chi connectivity index (χ0v) is 16.4. The Bertz CT molecular complexity index is 951. The molecule has 3 heterocycles. The van der Waals surface area contributed by atoms with E-state index in [0.29, 0.717) is 38.3 Å². The molecule has 3 fully saturated rings. The number of fused-ring (bicyclic) bond motifs is 1. The first kappa shape index (κ1) is 17.7. The van der Waals surface area contributed by atoms with Gasteiger partial charge in [0.25, 0.3) is 0 Å². The Morgan fingerprint density at radius 2 is 2.00 bits per heavy atom. The molecule has 3 aliphatic rings. The average molecular weight is 378 g/mol. The zero-order chi connectivity index (χ0) is 19.5. The van der Waals surface area contributed by atoms with Crippen molar-refractivity contribution >= 4 is 22.6 Å². The number of benzene rings is 2. The van der Waals surface area contributed by atoms with Crippen LogP contribution < -0.4 is 0 Å². The van der Waals surface area contributed by atoms with E-state index in [1.807, 2.05) is 34.1 Å². The van der Waals surface area contributed by atoms with Gasteiger partial charge in [0.05, 0.1) is 31.5 Å². The number of carbonyl (C=O) groups excluding carboxylic acids is 2. The third-order valence-corrected chi connectivity index (χ3v) is 6.80. The largest absolute Gasteiger partial charge is 0.351 e. The predicted molar refractivity (Wildman–Crippen MR) is 107 cm³/mol. The Morgan fingerprint density at radius 1 is 1.21 bits per heavy atom. The molecule has 3 atom stereocenters. The SMILES string of the molecule is CC(C)[C@@H]1CO[C@@]23CCN(C(=O)Cc4cccc5ccccc45)[C@@H]2CC(=O)N13. The summed E-state index contributed by atoms with van der Waals surface area (Å²) in [6, 6.07) is 14.2. The number of hydrogen-bond donors (Lipinski definition) is 0. The van der Waals surface area contributed by atoms with Crippen molar-refractivity contribution in [1.82, 2.24) is 9.80 Å². The molecule has 0 aliphatic carbocycles. The van der Waals surface area contributed by atoms with Gasteiger partial charge in [0.1, 0.15) is 0 Å². The molecular weight excluding hydrogens is 352 g/mol. The molecule has 28 heavy (non-hydrogen) atoms. The maximum absolute atomic E-state index is 13.2. The minimum atomic E-state index is -0.597. The Morgan fingerprint density at radius 3 is 2.82 bits per heavy atom. The van der Waals surface area contributed by atoms with Gasteiger partial charge >= 0.3 is 0 Å². The fourth-order valence-electron chi connectivity index (χ4n) is 5.38. The third kappa shape index (κ3) is 2.42. The summed E-state index contributed by atoms with van der Waals surface area (Å²) in [6.45, 7) is 5.49. The number of amides is 2. The molecule has 3 aliphatic heterocycles. The molecule has 0 saturated carbocycles. The number of likely N-dealkylation sites (tertiary alicyclic amines) is 1. The second kappa shape index (κ2) is 6.31. The Balaban J connectivity index is 1.41. The van der Waals surface area contributed by atoms with Crippen LogP contribution in [0.15, 0.2) is 42.5 Å². The van der Waals surface area contributed by atoms with Crippen molar-refractivity contribution in [2.45, 2.75) is 50.9 Å². The molecule has 2 amide bonds. The number of ether oxygens (including phenoxy) is 1. The standard InChI is InChI=1S/C23H26N2O3/c1-15(2)19-14-28-23-10-11-24(20(23)13-22(27)25(19)23)21(26)12-17-8-5-7-16-6-3-4-9-18(16)17/h3-9,15,19-20H,10-14H2,1-2H3/t19-,20+,23-/m0/s1. The van der Waals surface area contributed by atoms with Crippen molar-refractivity contribution in [2.75, 3.05) is 13.2 Å². The van der Waals surface area contributed by atoms with Crippen LogP contribution in [-0.2, 0) is 20.7 Å². The minimum Gasteiger partial charge on any atom is -0.351 e. The van der Waals surface area contributed by atoms with Crippen LogP contribution in [0.5, 0.6) is 0 Å². The van der Waals surface area contributed by atoms with Crippen LogP contribution in [0.1, 0.15) is 32.3 Å². The molecule has 0 N–H and O–H groups in total. The summed E-state index contributed by atoms with van der Waals surface area (Å²) in [5, 5.41) is 2.26. The summed E-state index contributed by atoms with van der Waals surface area (Å²) >= 11 is 0. The van der Waals surface area contributed by atoms with Crippen molar-refractivity contribution < 1.29 is 14.3 Å². The maximum Gasteiger partial charge on any atom is 0.227 e. The molecule has 5 heteroatoms. The molecular formula is C23H26N2O3. The first-order chi connectivity index (χ1) is 13.5. The van der Waals surface area contributed by atoms with Gasteiger partial charge in [-0.3, -0.25) is 9.59 Å². The van der Waals surface area contributed by atoms with E-state index in [2.05, 4.69) is 32.0 Å². The Labute approximate surface area is 165 Å². The number of carbonyl (C=O) groups is 2. The quantitative estimate of drug-likeness (QED) is 0.825. The fraction of sp³-hybridized carbons (Fsp3) is 0.478. The van der Waals surface area contributed by atoms with Gasteiger partial charge in [-0.2, -0.15) is 0 Å². The summed E-state index contributed by atoms with van der Waals surface area (Å²) in [5.41, 5.74) is 0.443. The van der Waals surface area contributed by atoms with Crippen LogP contribution in [0.2, 0.25) is 0 Å². The lowest BCUT2D eigenvalue weighted by atomic mass is 10.0. The summed E-state index contributed by atoms with van der Waals surface area (Å²) in [5.74, 6) is 0.566. The lowest BCUT2D eigenvalue weighted by Gasteiger charge is -2.34. The third-order valence-electron chi connectivity index (χ3n) is 6.80. The summed E-state index contributed by atoms with van der Waals surface area (Å²) in [4.78, 5) is 29.9. The molecule has 5 nitrogen and oxygen atoms in total. The minimum absolute atomic E-state index is 0.0875. The Kier molecular flexibility index (Phi) is 3.98. The van der Waals surface area contributed by atoms with E-state index >= 15 is 0 Å².